The molecule has 0 saturated carbocycles. The monoisotopic (exact) mass is 241 g/mol. The van der Waals surface area contributed by atoms with Crippen LogP contribution in [0.3, 0.4) is 0 Å². The molecule has 16 heavy (non-hydrogen) atoms. The molecule has 88 valence electrons. The van der Waals surface area contributed by atoms with Gasteiger partial charge in [-0.15, -0.1) is 11.8 Å². The molecule has 0 aromatic carbocycles. The molecule has 0 amide bonds. The number of carboxylic acids is 1. The number of aromatic nitrogens is 2. The number of aliphatic carboxylic acids is 1. The Balaban J connectivity index is 2.81. The zero-order chi connectivity index (χ0) is 12.1. The van der Waals surface area contributed by atoms with Gasteiger partial charge in [0.2, 0.25) is 0 Å². The summed E-state index contributed by atoms with van der Waals surface area (Å²) in [5, 5.41) is 12.6. The van der Waals surface area contributed by atoms with E-state index in [0.717, 1.165) is 5.03 Å². The third-order valence-electron chi connectivity index (χ3n) is 2.06. The highest BCUT2D eigenvalue weighted by Gasteiger charge is 2.21. The Bertz CT molecular complexity index is 371. The van der Waals surface area contributed by atoms with Crippen LogP contribution in [0.4, 0.5) is 5.82 Å². The molecule has 0 saturated heterocycles. The predicted molar refractivity (Wildman–Crippen MR) is 63.7 cm³/mol. The molecule has 1 aromatic rings. The smallest absolute Gasteiger partial charge is 0.326 e. The molecule has 0 aliphatic rings. The second-order valence-corrected chi connectivity index (χ2v) is 4.48. The summed E-state index contributed by atoms with van der Waals surface area (Å²) in [6, 6.07) is -0.647. The van der Waals surface area contributed by atoms with Crippen LogP contribution >= 0.6 is 11.8 Å². The molecule has 1 rings (SSSR count). The third kappa shape index (κ3) is 3.37. The maximum atomic E-state index is 11.0. The molecular weight excluding hydrogens is 226 g/mol. The molecule has 6 heteroatoms. The lowest BCUT2D eigenvalue weighted by atomic mass is 10.1. The van der Waals surface area contributed by atoms with Crippen molar-refractivity contribution in [1.82, 2.24) is 9.97 Å². The van der Waals surface area contributed by atoms with Crippen LogP contribution in [0.2, 0.25) is 0 Å². The molecule has 5 nitrogen and oxygen atoms in total. The predicted octanol–water partition coefficient (Wildman–Crippen LogP) is 1.72. The fourth-order valence-electron chi connectivity index (χ4n) is 1.19. The van der Waals surface area contributed by atoms with E-state index in [0.29, 0.717) is 5.82 Å². The van der Waals surface area contributed by atoms with E-state index in [1.807, 2.05) is 20.1 Å². The molecule has 2 N–H and O–H groups in total. The molecule has 0 aliphatic carbocycles. The zero-order valence-corrected chi connectivity index (χ0v) is 10.3. The molecule has 0 fully saturated rings. The largest absolute Gasteiger partial charge is 0.480 e. The van der Waals surface area contributed by atoms with E-state index in [4.69, 9.17) is 5.11 Å². The molecule has 0 bridgehead atoms. The van der Waals surface area contributed by atoms with Crippen LogP contribution in [0.25, 0.3) is 0 Å². The van der Waals surface area contributed by atoms with Gasteiger partial charge in [0.1, 0.15) is 16.9 Å². The Morgan fingerprint density at radius 2 is 2.19 bits per heavy atom. The fraction of sp³-hybridized carbons (Fsp3) is 0.500. The van der Waals surface area contributed by atoms with Gasteiger partial charge in [-0.2, -0.15) is 0 Å². The summed E-state index contributed by atoms with van der Waals surface area (Å²) >= 11 is 1.47. The highest BCUT2D eigenvalue weighted by Crippen LogP contribution is 2.14. The number of anilines is 1. The topological polar surface area (TPSA) is 75.1 Å². The van der Waals surface area contributed by atoms with Crippen LogP contribution < -0.4 is 5.32 Å². The quantitative estimate of drug-likeness (QED) is 0.764. The summed E-state index contributed by atoms with van der Waals surface area (Å²) in [6.45, 7) is 3.69. The number of carboxylic acid groups (broad SMARTS) is 1. The van der Waals surface area contributed by atoms with Gasteiger partial charge in [-0.05, 0) is 12.2 Å². The Morgan fingerprint density at radius 3 is 2.69 bits per heavy atom. The van der Waals surface area contributed by atoms with Crippen LogP contribution in [-0.4, -0.2) is 33.3 Å². The molecule has 0 radical (unpaired) electrons. The van der Waals surface area contributed by atoms with Crippen molar-refractivity contribution in [3.63, 3.8) is 0 Å². The lowest BCUT2D eigenvalue weighted by Gasteiger charge is -2.18. The van der Waals surface area contributed by atoms with E-state index in [1.54, 1.807) is 6.20 Å². The minimum atomic E-state index is -0.883. The Kier molecular flexibility index (Phi) is 4.54. The number of rotatable bonds is 5. The van der Waals surface area contributed by atoms with Gasteiger partial charge in [-0.1, -0.05) is 13.8 Å². The first-order chi connectivity index (χ1) is 7.54. The number of hydrogen-bond donors (Lipinski definition) is 2. The molecule has 0 spiro atoms. The molecule has 0 aliphatic heterocycles. The maximum absolute atomic E-state index is 11.0. The molecule has 1 atom stereocenters. The van der Waals surface area contributed by atoms with Gasteiger partial charge < -0.3 is 10.4 Å². The Labute approximate surface area is 98.7 Å². The summed E-state index contributed by atoms with van der Waals surface area (Å²) in [5.74, 6) is -0.406. The average molecular weight is 241 g/mol. The second-order valence-electron chi connectivity index (χ2n) is 3.65. The normalized spacial score (nSPS) is 12.5. The van der Waals surface area contributed by atoms with Gasteiger partial charge in [-0.3, -0.25) is 4.98 Å². The van der Waals surface area contributed by atoms with Crippen LogP contribution in [0.1, 0.15) is 13.8 Å². The number of nitrogens with zero attached hydrogens (tertiary/aromatic N) is 2. The van der Waals surface area contributed by atoms with Crippen molar-refractivity contribution in [3.8, 4) is 0 Å². The van der Waals surface area contributed by atoms with Crippen molar-refractivity contribution in [2.75, 3.05) is 11.6 Å². The van der Waals surface area contributed by atoms with E-state index >= 15 is 0 Å². The molecular formula is C10H15N3O2S. The zero-order valence-electron chi connectivity index (χ0n) is 9.47. The maximum Gasteiger partial charge on any atom is 0.326 e. The summed E-state index contributed by atoms with van der Waals surface area (Å²) in [5.41, 5.74) is 0. The summed E-state index contributed by atoms with van der Waals surface area (Å²) in [6.07, 6.45) is 5.06. The van der Waals surface area contributed by atoms with Gasteiger partial charge in [0.05, 0.1) is 12.4 Å². The minimum absolute atomic E-state index is 0.0164. The van der Waals surface area contributed by atoms with Gasteiger partial charge in [0.15, 0.2) is 0 Å². The molecule has 0 unspecified atom stereocenters. The van der Waals surface area contributed by atoms with E-state index in [-0.39, 0.29) is 5.92 Å². The van der Waals surface area contributed by atoms with E-state index < -0.39 is 12.0 Å². The fourth-order valence-corrected chi connectivity index (χ4v) is 1.54. The summed E-state index contributed by atoms with van der Waals surface area (Å²) in [4.78, 5) is 19.2. The lowest BCUT2D eigenvalue weighted by Crippen LogP contribution is -2.34. The third-order valence-corrected chi connectivity index (χ3v) is 2.67. The van der Waals surface area contributed by atoms with Crippen molar-refractivity contribution in [2.45, 2.75) is 24.9 Å². The van der Waals surface area contributed by atoms with E-state index in [2.05, 4.69) is 15.3 Å². The van der Waals surface area contributed by atoms with Gasteiger partial charge in [0, 0.05) is 0 Å². The summed E-state index contributed by atoms with van der Waals surface area (Å²) < 4.78 is 0. The van der Waals surface area contributed by atoms with Crippen LogP contribution in [0.15, 0.2) is 17.4 Å². The van der Waals surface area contributed by atoms with Crippen molar-refractivity contribution in [2.24, 2.45) is 5.92 Å². The first-order valence-electron chi connectivity index (χ1n) is 4.90. The standard InChI is InChI=1S/C10H15N3O2S/c1-6(2)9(10(14)15)13-7-4-11-5-8(12-7)16-3/h4-6,9H,1-3H3,(H,12,13)(H,14,15)/t9-/m1/s1. The van der Waals surface area contributed by atoms with Crippen LogP contribution in [0, 0.1) is 5.92 Å². The van der Waals surface area contributed by atoms with Gasteiger partial charge in [0.25, 0.3) is 0 Å². The van der Waals surface area contributed by atoms with Crippen molar-refractivity contribution < 1.29 is 9.90 Å². The van der Waals surface area contributed by atoms with Crippen LogP contribution in [-0.2, 0) is 4.79 Å². The van der Waals surface area contributed by atoms with Crippen molar-refractivity contribution >= 4 is 23.5 Å². The number of hydrogen-bond acceptors (Lipinski definition) is 5. The van der Waals surface area contributed by atoms with E-state index in [1.165, 1.54) is 18.0 Å². The highest BCUT2D eigenvalue weighted by atomic mass is 32.2. The highest BCUT2D eigenvalue weighted by molar-refractivity contribution is 7.98. The minimum Gasteiger partial charge on any atom is -0.480 e. The van der Waals surface area contributed by atoms with Crippen molar-refractivity contribution in [1.29, 1.82) is 0 Å². The number of nitrogens with one attached hydrogen (secondary N) is 1. The first kappa shape index (κ1) is 12.8. The lowest BCUT2D eigenvalue weighted by molar-refractivity contribution is -0.138. The Morgan fingerprint density at radius 1 is 1.50 bits per heavy atom. The van der Waals surface area contributed by atoms with Crippen LogP contribution in [0.5, 0.6) is 0 Å². The molecule has 1 aromatic heterocycles. The van der Waals surface area contributed by atoms with Gasteiger partial charge >= 0.3 is 5.97 Å². The molecule has 1 heterocycles. The number of thioether (sulfide) groups is 1. The first-order valence-corrected chi connectivity index (χ1v) is 6.12. The van der Waals surface area contributed by atoms with Crippen molar-refractivity contribution in [3.05, 3.63) is 12.4 Å². The average Bonchev–Trinajstić information content (AvgIpc) is 2.25. The number of carbonyl (C=O) groups is 1. The summed E-state index contributed by atoms with van der Waals surface area (Å²) in [7, 11) is 0. The SMILES string of the molecule is CSc1cncc(N[C@@H](C(=O)O)C(C)C)n1. The second kappa shape index (κ2) is 5.69. The van der Waals surface area contributed by atoms with E-state index in [9.17, 15) is 4.79 Å². The van der Waals surface area contributed by atoms with Gasteiger partial charge in [-0.25, -0.2) is 9.78 Å². The Hall–Kier alpha value is -1.30.